The van der Waals surface area contributed by atoms with Crippen molar-refractivity contribution in [1.29, 1.82) is 0 Å². The normalized spacial score (nSPS) is 17.8. The van der Waals surface area contributed by atoms with Gasteiger partial charge in [-0.25, -0.2) is 0 Å². The monoisotopic (exact) mass is 679 g/mol. The van der Waals surface area contributed by atoms with E-state index in [1.807, 2.05) is 6.07 Å². The number of fused-ring (bicyclic) bond motifs is 1. The van der Waals surface area contributed by atoms with E-state index in [4.69, 9.17) is 36.4 Å². The molecule has 1 heterocycles. The van der Waals surface area contributed by atoms with Gasteiger partial charge in [0.25, 0.3) is 11.8 Å². The van der Waals surface area contributed by atoms with Gasteiger partial charge in [0.2, 0.25) is 17.6 Å². The Balaban J connectivity index is 1.88. The minimum Gasteiger partial charge on any atom is -0.493 e. The van der Waals surface area contributed by atoms with Crippen LogP contribution in [0.25, 0.3) is 0 Å². The van der Waals surface area contributed by atoms with E-state index in [-0.39, 0.29) is 28.4 Å². The molecule has 5 N–H and O–H groups in total. The molecule has 3 aromatic carbocycles. The van der Waals surface area contributed by atoms with Gasteiger partial charge in [0.1, 0.15) is 18.5 Å². The van der Waals surface area contributed by atoms with Crippen LogP contribution in [-0.2, 0) is 9.59 Å². The van der Waals surface area contributed by atoms with Crippen LogP contribution in [0.15, 0.2) is 40.9 Å². The zero-order valence-electron chi connectivity index (χ0n) is 32.0. The van der Waals surface area contributed by atoms with E-state index in [0.717, 1.165) is 17.2 Å². The zero-order valence-corrected chi connectivity index (χ0v) is 24.6. The first-order valence-corrected chi connectivity index (χ1v) is 13.4. The van der Waals surface area contributed by atoms with Gasteiger partial charge in [0, 0.05) is 0 Å². The molecule has 0 aromatic heterocycles. The molecule has 0 saturated carbocycles. The largest absolute Gasteiger partial charge is 0.493 e. The number of aliphatic hydroxyl groups excluding tert-OH is 1. The molecule has 1 atom stereocenters. The van der Waals surface area contributed by atoms with Crippen molar-refractivity contribution in [2.45, 2.75) is 26.3 Å². The number of rotatable bonds is 10. The number of carbonyl (C=O) groups is 4. The van der Waals surface area contributed by atoms with Crippen LogP contribution < -0.4 is 40.2 Å². The number of hydrogen-bond acceptors (Lipinski definition) is 9. The molecule has 0 bridgehead atoms. The molecule has 13 nitrogen and oxygen atoms in total. The van der Waals surface area contributed by atoms with Crippen molar-refractivity contribution in [1.82, 2.24) is 10.6 Å². The van der Waals surface area contributed by atoms with Crippen LogP contribution in [-0.4, -0.2) is 62.6 Å². The van der Waals surface area contributed by atoms with Gasteiger partial charge in [-0.15, -0.1) is 0 Å². The second-order valence-electron chi connectivity index (χ2n) is 9.45. The number of methoxy groups -OCH3 is 3. The second-order valence-corrected chi connectivity index (χ2v) is 10.2. The molecule has 0 radical (unpaired) electrons. The summed E-state index contributed by atoms with van der Waals surface area (Å²) in [6.07, 6.45) is -0.529. The molecule has 3 aromatic rings. The zero-order chi connectivity index (χ0) is 39.6. The third-order valence-corrected chi connectivity index (χ3v) is 7.07. The Morgan fingerprint density at radius 3 is 2.36 bits per heavy atom. The molecule has 4 amide bonds. The Morgan fingerprint density at radius 2 is 1.68 bits per heavy atom. The van der Waals surface area contributed by atoms with Gasteiger partial charge in [-0.05, 0) is 71.2 Å². The number of ether oxygens (including phenoxy) is 4. The molecule has 0 spiro atoms. The lowest BCUT2D eigenvalue weighted by atomic mass is 10.1. The lowest BCUT2D eigenvalue weighted by Gasteiger charge is -2.19. The van der Waals surface area contributed by atoms with Gasteiger partial charge < -0.3 is 45.3 Å². The first-order chi connectivity index (χ1) is 24.4. The number of hydrogen-bond donors (Lipinski definition) is 5. The van der Waals surface area contributed by atoms with Crippen LogP contribution in [0.2, 0.25) is 0 Å². The highest BCUT2D eigenvalue weighted by Gasteiger charge is 2.31. The standard InChI is InChI=1S/C30H31BrN4O9/c1-14-6-15(2)8-16(7-14)44-22-9-17-19(33-30(40)21(35-28(17)38)12-24(37)32-13-36)11-20(22)34-29(39)18-10-23(41-3)26(42-4)27(43-5)25(18)31/h6-11,21,36H,12-13H2,1-5H3,(H,32,37)(H,33,40)(H,34,39)(H,35,38)/i3D3,4D3,5D3. The van der Waals surface area contributed by atoms with Crippen molar-refractivity contribution >= 4 is 50.9 Å². The fourth-order valence-electron chi connectivity index (χ4n) is 4.40. The maximum Gasteiger partial charge on any atom is 0.257 e. The summed E-state index contributed by atoms with van der Waals surface area (Å²) >= 11 is 3.05. The van der Waals surface area contributed by atoms with Gasteiger partial charge in [-0.1, -0.05) is 6.07 Å². The second kappa shape index (κ2) is 13.7. The van der Waals surface area contributed by atoms with Crippen molar-refractivity contribution in [3.63, 3.8) is 0 Å². The first kappa shape index (κ1) is 21.8. The number of halogens is 1. The minimum absolute atomic E-state index is 0.140. The molecular weight excluding hydrogens is 640 g/mol. The highest BCUT2D eigenvalue weighted by Crippen LogP contribution is 2.45. The fourth-order valence-corrected chi connectivity index (χ4v) is 4.95. The molecule has 1 aliphatic rings. The molecule has 0 aliphatic carbocycles. The Bertz CT molecular complexity index is 1930. The van der Waals surface area contributed by atoms with E-state index in [2.05, 4.69) is 37.2 Å². The lowest BCUT2D eigenvalue weighted by molar-refractivity contribution is -0.126. The van der Waals surface area contributed by atoms with E-state index < -0.39 is 91.2 Å². The third kappa shape index (κ3) is 6.87. The molecule has 44 heavy (non-hydrogen) atoms. The highest BCUT2D eigenvalue weighted by atomic mass is 79.9. The highest BCUT2D eigenvalue weighted by molar-refractivity contribution is 9.10. The summed E-state index contributed by atoms with van der Waals surface area (Å²) in [7, 11) is -9.81. The number of nitrogens with one attached hydrogen (secondary N) is 4. The first-order valence-electron chi connectivity index (χ1n) is 17.1. The molecule has 232 valence electrons. The Hall–Kier alpha value is -4.82. The Kier molecular flexibility index (Phi) is 6.76. The molecule has 0 fully saturated rings. The van der Waals surface area contributed by atoms with Gasteiger partial charge in [-0.3, -0.25) is 19.2 Å². The van der Waals surface area contributed by atoms with E-state index in [1.54, 1.807) is 26.0 Å². The van der Waals surface area contributed by atoms with Gasteiger partial charge >= 0.3 is 0 Å². The average Bonchev–Trinajstić information content (AvgIpc) is 3.09. The van der Waals surface area contributed by atoms with Crippen LogP contribution in [0, 0.1) is 13.8 Å². The number of anilines is 2. The number of amides is 4. The number of aryl methyl sites for hydroxylation is 2. The van der Waals surface area contributed by atoms with Crippen LogP contribution in [0.1, 0.15) is 50.6 Å². The van der Waals surface area contributed by atoms with Crippen LogP contribution >= 0.6 is 15.9 Å². The summed E-state index contributed by atoms with van der Waals surface area (Å²) in [5.41, 5.74) is 0.561. The number of benzene rings is 3. The third-order valence-electron chi connectivity index (χ3n) is 6.28. The summed E-state index contributed by atoms with van der Waals surface area (Å²) in [6, 6.07) is 6.92. The topological polar surface area (TPSA) is 174 Å². The van der Waals surface area contributed by atoms with Crippen LogP contribution in [0.3, 0.4) is 0 Å². The van der Waals surface area contributed by atoms with Crippen LogP contribution in [0.4, 0.5) is 11.4 Å². The summed E-state index contributed by atoms with van der Waals surface area (Å²) < 4.78 is 88.5. The SMILES string of the molecule is [2H]C([2H])([2H])Oc1cc(C(=O)Nc2cc3c(cc2Oc2cc(C)cc(C)c2)C(=O)NC(CC(=O)NCO)C(=O)N3)c(Br)c(OC([2H])([2H])[2H])c1OC([2H])([2H])[2H]. The van der Waals surface area contributed by atoms with Gasteiger partial charge in [0.05, 0.1) is 66.8 Å². The van der Waals surface area contributed by atoms with E-state index in [9.17, 15) is 19.2 Å². The Morgan fingerprint density at radius 1 is 0.977 bits per heavy atom. The maximum atomic E-state index is 14.0. The fraction of sp³-hybridized carbons (Fsp3) is 0.267. The quantitative estimate of drug-likeness (QED) is 0.201. The molecule has 1 unspecified atom stereocenters. The van der Waals surface area contributed by atoms with Gasteiger partial charge in [-0.2, -0.15) is 0 Å². The van der Waals surface area contributed by atoms with E-state index in [0.29, 0.717) is 0 Å². The predicted molar refractivity (Wildman–Crippen MR) is 164 cm³/mol. The van der Waals surface area contributed by atoms with Crippen molar-refractivity contribution in [2.24, 2.45) is 0 Å². The number of carbonyl (C=O) groups excluding carboxylic acids is 4. The molecule has 14 heteroatoms. The molecular formula is C30H31BrN4O9. The minimum atomic E-state index is -3.28. The van der Waals surface area contributed by atoms with Crippen molar-refractivity contribution in [3.05, 3.63) is 63.1 Å². The van der Waals surface area contributed by atoms with Gasteiger partial charge in [0.15, 0.2) is 17.2 Å². The van der Waals surface area contributed by atoms with Crippen molar-refractivity contribution < 1.29 is 55.6 Å². The molecule has 0 saturated heterocycles. The Labute approximate surface area is 274 Å². The molecule has 4 rings (SSSR count). The van der Waals surface area contributed by atoms with Crippen molar-refractivity contribution in [2.75, 3.05) is 38.5 Å². The average molecular weight is 681 g/mol. The van der Waals surface area contributed by atoms with Crippen LogP contribution in [0.5, 0.6) is 28.7 Å². The summed E-state index contributed by atoms with van der Waals surface area (Å²) in [6.45, 7) is 2.89. The lowest BCUT2D eigenvalue weighted by Crippen LogP contribution is -2.44. The smallest absolute Gasteiger partial charge is 0.257 e. The molecule has 1 aliphatic heterocycles. The van der Waals surface area contributed by atoms with E-state index >= 15 is 0 Å². The maximum absolute atomic E-state index is 14.0. The van der Waals surface area contributed by atoms with Crippen molar-refractivity contribution in [3.8, 4) is 28.7 Å². The summed E-state index contributed by atoms with van der Waals surface area (Å²) in [5, 5.41) is 18.6. The predicted octanol–water partition coefficient (Wildman–Crippen LogP) is 3.64. The summed E-state index contributed by atoms with van der Waals surface area (Å²) in [5.74, 6) is -6.16. The summed E-state index contributed by atoms with van der Waals surface area (Å²) in [4.78, 5) is 52.5. The van der Waals surface area contributed by atoms with E-state index in [1.165, 1.54) is 12.1 Å². The number of aliphatic hydroxyl groups is 1.